The van der Waals surface area contributed by atoms with Gasteiger partial charge in [0, 0.05) is 24.7 Å². The van der Waals surface area contributed by atoms with Gasteiger partial charge in [0.1, 0.15) is 0 Å². The van der Waals surface area contributed by atoms with Gasteiger partial charge in [-0.3, -0.25) is 4.90 Å². The summed E-state index contributed by atoms with van der Waals surface area (Å²) < 4.78 is 5.20. The van der Waals surface area contributed by atoms with E-state index in [0.717, 1.165) is 0 Å². The van der Waals surface area contributed by atoms with Crippen molar-refractivity contribution in [1.29, 1.82) is 0 Å². The molecule has 0 aromatic carbocycles. The lowest BCUT2D eigenvalue weighted by Crippen LogP contribution is -2.44. The first-order valence-electron chi connectivity index (χ1n) is 6.00. The summed E-state index contributed by atoms with van der Waals surface area (Å²) in [6.45, 7) is 5.71. The molecule has 1 saturated heterocycles. The lowest BCUT2D eigenvalue weighted by atomic mass is 9.98. The van der Waals surface area contributed by atoms with Crippen molar-refractivity contribution in [1.82, 2.24) is 4.90 Å². The number of hydrogen-bond acceptors (Lipinski definition) is 4. The van der Waals surface area contributed by atoms with E-state index in [2.05, 4.69) is 0 Å². The van der Waals surface area contributed by atoms with Gasteiger partial charge >= 0.3 is 11.9 Å². The highest BCUT2D eigenvalue weighted by Gasteiger charge is 2.29. The Bertz CT molecular complexity index is 357. The highest BCUT2D eigenvalue weighted by atomic mass is 16.5. The highest BCUT2D eigenvalue weighted by Crippen LogP contribution is 2.19. The fourth-order valence-electron chi connectivity index (χ4n) is 2.16. The molecule has 0 saturated carbocycles. The molecule has 0 bridgehead atoms. The van der Waals surface area contributed by atoms with E-state index in [1.807, 2.05) is 4.90 Å². The Balaban J connectivity index is 3.03. The zero-order chi connectivity index (χ0) is 13.7. The smallest absolute Gasteiger partial charge is 0.333 e. The number of nitrogens with zero attached hydrogens (tertiary/aromatic N) is 1. The largest absolute Gasteiger partial charge is 0.478 e. The summed E-state index contributed by atoms with van der Waals surface area (Å²) in [6.07, 6.45) is 0.200. The van der Waals surface area contributed by atoms with Crippen LogP contribution in [0.1, 0.15) is 20.3 Å². The van der Waals surface area contributed by atoms with E-state index < -0.39 is 18.0 Å². The molecule has 1 heterocycles. The summed E-state index contributed by atoms with van der Waals surface area (Å²) in [5, 5.41) is 18.3. The van der Waals surface area contributed by atoms with E-state index >= 15 is 0 Å². The normalized spacial score (nSPS) is 20.1. The summed E-state index contributed by atoms with van der Waals surface area (Å²) in [5.74, 6) is -2.32. The number of aliphatic carboxylic acids is 2. The molecule has 1 atom stereocenters. The monoisotopic (exact) mass is 257 g/mol. The Hall–Kier alpha value is -1.40. The second kappa shape index (κ2) is 6.51. The number of carboxylic acid groups (broad SMARTS) is 2. The second-order valence-corrected chi connectivity index (χ2v) is 4.18. The molecule has 1 fully saturated rings. The van der Waals surface area contributed by atoms with Crippen molar-refractivity contribution < 1.29 is 24.5 Å². The van der Waals surface area contributed by atoms with Gasteiger partial charge < -0.3 is 14.9 Å². The van der Waals surface area contributed by atoms with Crippen LogP contribution in [0.4, 0.5) is 0 Å². The predicted molar refractivity (Wildman–Crippen MR) is 64.4 cm³/mol. The van der Waals surface area contributed by atoms with Crippen LogP contribution < -0.4 is 0 Å². The van der Waals surface area contributed by atoms with Crippen LogP contribution in [0.3, 0.4) is 0 Å². The van der Waals surface area contributed by atoms with Gasteiger partial charge in [0.2, 0.25) is 0 Å². The lowest BCUT2D eigenvalue weighted by Gasteiger charge is -2.33. The Morgan fingerprint density at radius 2 is 1.78 bits per heavy atom. The van der Waals surface area contributed by atoms with E-state index in [1.165, 1.54) is 0 Å². The molecule has 0 radical (unpaired) electrons. The van der Waals surface area contributed by atoms with Crippen molar-refractivity contribution in [3.05, 3.63) is 11.1 Å². The van der Waals surface area contributed by atoms with Crippen molar-refractivity contribution in [2.24, 2.45) is 0 Å². The minimum absolute atomic E-state index is 0.0214. The predicted octanol–water partition coefficient (Wildman–Crippen LogP) is 0.583. The molecular weight excluding hydrogens is 238 g/mol. The first-order valence-corrected chi connectivity index (χ1v) is 6.00. The third kappa shape index (κ3) is 3.30. The topological polar surface area (TPSA) is 87.1 Å². The quantitative estimate of drug-likeness (QED) is 0.701. The maximum atomic E-state index is 11.3. The molecule has 6 nitrogen and oxygen atoms in total. The van der Waals surface area contributed by atoms with E-state index in [0.29, 0.717) is 26.3 Å². The zero-order valence-corrected chi connectivity index (χ0v) is 10.7. The number of carbonyl (C=O) groups is 2. The van der Waals surface area contributed by atoms with Crippen LogP contribution in [0.25, 0.3) is 0 Å². The minimum atomic E-state index is -1.16. The van der Waals surface area contributed by atoms with Gasteiger partial charge in [0.05, 0.1) is 18.8 Å². The average molecular weight is 257 g/mol. The third-order valence-electron chi connectivity index (χ3n) is 3.18. The van der Waals surface area contributed by atoms with Gasteiger partial charge in [-0.2, -0.15) is 0 Å². The maximum absolute atomic E-state index is 11.3. The fourth-order valence-corrected chi connectivity index (χ4v) is 2.16. The van der Waals surface area contributed by atoms with Gasteiger partial charge in [0.25, 0.3) is 0 Å². The Morgan fingerprint density at radius 3 is 2.17 bits per heavy atom. The molecule has 0 aromatic rings. The van der Waals surface area contributed by atoms with Gasteiger partial charge in [-0.15, -0.1) is 0 Å². The SMILES string of the molecule is CC/C(C(=O)O)=C(\C(=O)O)C(C)N1CCOCC1. The van der Waals surface area contributed by atoms with Crippen molar-refractivity contribution in [3.8, 4) is 0 Å². The molecular formula is C12H19NO5. The molecule has 1 aliphatic rings. The van der Waals surface area contributed by atoms with Gasteiger partial charge in [-0.05, 0) is 13.3 Å². The summed E-state index contributed by atoms with van der Waals surface area (Å²) in [4.78, 5) is 24.3. The average Bonchev–Trinajstić information content (AvgIpc) is 2.35. The number of hydrogen-bond donors (Lipinski definition) is 2. The van der Waals surface area contributed by atoms with Crippen LogP contribution in [0.5, 0.6) is 0 Å². The van der Waals surface area contributed by atoms with Crippen molar-refractivity contribution in [2.75, 3.05) is 26.3 Å². The molecule has 102 valence electrons. The molecule has 1 aliphatic heterocycles. The summed E-state index contributed by atoms with van der Waals surface area (Å²) in [7, 11) is 0. The molecule has 0 spiro atoms. The van der Waals surface area contributed by atoms with Crippen LogP contribution in [0.15, 0.2) is 11.1 Å². The van der Waals surface area contributed by atoms with Gasteiger partial charge in [-0.25, -0.2) is 9.59 Å². The van der Waals surface area contributed by atoms with Crippen molar-refractivity contribution >= 4 is 11.9 Å². The Morgan fingerprint density at radius 1 is 1.22 bits per heavy atom. The molecule has 0 aliphatic carbocycles. The van der Waals surface area contributed by atoms with E-state index in [-0.39, 0.29) is 17.6 Å². The Labute approximate surface area is 106 Å². The zero-order valence-electron chi connectivity index (χ0n) is 10.7. The van der Waals surface area contributed by atoms with Crippen LogP contribution in [-0.4, -0.2) is 59.4 Å². The summed E-state index contributed by atoms with van der Waals surface area (Å²) in [6, 6.07) is -0.419. The van der Waals surface area contributed by atoms with Crippen LogP contribution in [-0.2, 0) is 14.3 Å². The second-order valence-electron chi connectivity index (χ2n) is 4.18. The van der Waals surface area contributed by atoms with Gasteiger partial charge in [-0.1, -0.05) is 6.92 Å². The summed E-state index contributed by atoms with van der Waals surface area (Å²) in [5.41, 5.74) is -0.0478. The van der Waals surface area contributed by atoms with Crippen molar-refractivity contribution in [2.45, 2.75) is 26.3 Å². The van der Waals surface area contributed by atoms with Crippen LogP contribution >= 0.6 is 0 Å². The van der Waals surface area contributed by atoms with Crippen LogP contribution in [0.2, 0.25) is 0 Å². The molecule has 1 rings (SSSR count). The molecule has 0 aromatic heterocycles. The maximum Gasteiger partial charge on any atom is 0.333 e. The number of ether oxygens (including phenoxy) is 1. The molecule has 18 heavy (non-hydrogen) atoms. The van der Waals surface area contributed by atoms with E-state index in [9.17, 15) is 14.7 Å². The first kappa shape index (κ1) is 14.7. The highest BCUT2D eigenvalue weighted by molar-refractivity contribution is 5.99. The minimum Gasteiger partial charge on any atom is -0.478 e. The summed E-state index contributed by atoms with van der Waals surface area (Å²) >= 11 is 0. The first-order chi connectivity index (χ1) is 8.49. The molecule has 2 N–H and O–H groups in total. The fraction of sp³-hybridized carbons (Fsp3) is 0.667. The third-order valence-corrected chi connectivity index (χ3v) is 3.18. The molecule has 1 unspecified atom stereocenters. The van der Waals surface area contributed by atoms with Gasteiger partial charge in [0.15, 0.2) is 0 Å². The number of morpholine rings is 1. The Kier molecular flexibility index (Phi) is 5.30. The number of rotatable bonds is 5. The standard InChI is InChI=1S/C12H19NO5/c1-3-9(11(14)15)10(12(16)17)8(2)13-4-6-18-7-5-13/h8H,3-7H2,1-2H3,(H,14,15)(H,16,17)/b10-9+. The molecule has 6 heteroatoms. The van der Waals surface area contributed by atoms with E-state index in [1.54, 1.807) is 13.8 Å². The van der Waals surface area contributed by atoms with Crippen LogP contribution in [0, 0.1) is 0 Å². The van der Waals surface area contributed by atoms with Crippen molar-refractivity contribution in [3.63, 3.8) is 0 Å². The molecule has 0 amide bonds. The number of carboxylic acids is 2. The van der Waals surface area contributed by atoms with E-state index in [4.69, 9.17) is 9.84 Å². The lowest BCUT2D eigenvalue weighted by molar-refractivity contribution is -0.136.